The molecule has 2 saturated carbocycles. The number of ether oxygens (including phenoxy) is 4. The van der Waals surface area contributed by atoms with Gasteiger partial charge in [-0.15, -0.1) is 0 Å². The molecule has 4 aliphatic rings. The van der Waals surface area contributed by atoms with Gasteiger partial charge in [-0.1, -0.05) is 20.8 Å². The summed E-state index contributed by atoms with van der Waals surface area (Å²) < 4.78 is 33.5. The van der Waals surface area contributed by atoms with E-state index in [1.54, 1.807) is 0 Å². The van der Waals surface area contributed by atoms with Gasteiger partial charge in [0.05, 0.1) is 12.2 Å². The van der Waals surface area contributed by atoms with Crippen molar-refractivity contribution in [2.75, 3.05) is 0 Å². The van der Waals surface area contributed by atoms with Gasteiger partial charge in [0.25, 0.3) is 0 Å². The molecule has 0 radical (unpaired) electrons. The lowest BCUT2D eigenvalue weighted by atomic mass is 9.41. The van der Waals surface area contributed by atoms with Gasteiger partial charge in [-0.3, -0.25) is 4.79 Å². The van der Waals surface area contributed by atoms with Crippen molar-refractivity contribution in [3.8, 4) is 0 Å². The van der Waals surface area contributed by atoms with Gasteiger partial charge in [-0.2, -0.15) is 0 Å². The molecule has 2 aliphatic heterocycles. The SMILES string of the molecule is CC1(C)O[C@H]2[C@H]3C(C)(C)CC[C@@H]4OC(C)(C)O[C@@](C=O)([C@@]43C)[C@](C)(O[Si](C)(C)C)[C@H]2O1. The molecule has 0 N–H and O–H groups in total. The number of carbonyl (C=O) groups is 1. The van der Waals surface area contributed by atoms with Crippen LogP contribution < -0.4 is 0 Å². The highest BCUT2D eigenvalue weighted by Crippen LogP contribution is 2.70. The van der Waals surface area contributed by atoms with Crippen LogP contribution in [-0.2, 0) is 28.2 Å². The molecule has 0 amide bonds. The first-order chi connectivity index (χ1) is 13.8. The van der Waals surface area contributed by atoms with Gasteiger partial charge in [-0.05, 0) is 72.5 Å². The smallest absolute Gasteiger partial charge is 0.184 e. The van der Waals surface area contributed by atoms with Crippen LogP contribution in [0.4, 0.5) is 0 Å². The Bertz CT molecular complexity index is 773. The van der Waals surface area contributed by atoms with Crippen LogP contribution in [0.5, 0.6) is 0 Å². The van der Waals surface area contributed by atoms with Crippen LogP contribution in [0.1, 0.15) is 68.2 Å². The van der Waals surface area contributed by atoms with Crippen molar-refractivity contribution in [1.82, 2.24) is 0 Å². The predicted octanol–water partition coefficient (Wildman–Crippen LogP) is 4.66. The van der Waals surface area contributed by atoms with Crippen molar-refractivity contribution in [2.45, 2.75) is 129 Å². The van der Waals surface area contributed by atoms with E-state index < -0.39 is 42.6 Å². The minimum atomic E-state index is -2.13. The van der Waals surface area contributed by atoms with Crippen molar-refractivity contribution in [3.05, 3.63) is 0 Å². The molecule has 0 aromatic rings. The largest absolute Gasteiger partial charge is 0.406 e. The Morgan fingerprint density at radius 1 is 0.903 bits per heavy atom. The Morgan fingerprint density at radius 3 is 2.06 bits per heavy atom. The molecule has 0 spiro atoms. The Balaban J connectivity index is 2.04. The first kappa shape index (κ1) is 23.8. The average molecular weight is 455 g/mol. The normalized spacial score (nSPS) is 49.8. The molecule has 2 saturated heterocycles. The van der Waals surface area contributed by atoms with Crippen LogP contribution in [0.2, 0.25) is 19.6 Å². The Kier molecular flexibility index (Phi) is 4.94. The fourth-order valence-electron chi connectivity index (χ4n) is 7.62. The summed E-state index contributed by atoms with van der Waals surface area (Å²) in [5.74, 6) is -1.68. The van der Waals surface area contributed by atoms with E-state index in [4.69, 9.17) is 23.4 Å². The number of rotatable bonds is 3. The third kappa shape index (κ3) is 3.10. The second-order valence-electron chi connectivity index (χ2n) is 13.1. The lowest BCUT2D eigenvalue weighted by molar-refractivity contribution is -0.437. The monoisotopic (exact) mass is 454 g/mol. The quantitative estimate of drug-likeness (QED) is 0.456. The zero-order valence-electron chi connectivity index (χ0n) is 21.3. The molecule has 0 bridgehead atoms. The highest BCUT2D eigenvalue weighted by molar-refractivity contribution is 6.69. The maximum Gasteiger partial charge on any atom is 0.184 e. The van der Waals surface area contributed by atoms with Crippen molar-refractivity contribution >= 4 is 14.6 Å². The van der Waals surface area contributed by atoms with Crippen LogP contribution in [0.3, 0.4) is 0 Å². The number of aldehydes is 1. The fourth-order valence-corrected chi connectivity index (χ4v) is 9.16. The Hall–Kier alpha value is -0.313. The van der Waals surface area contributed by atoms with Crippen LogP contribution >= 0.6 is 0 Å². The van der Waals surface area contributed by atoms with E-state index in [-0.39, 0.29) is 23.5 Å². The summed E-state index contributed by atoms with van der Waals surface area (Å²) in [7, 11) is -2.13. The summed E-state index contributed by atoms with van der Waals surface area (Å²) in [5.41, 5.74) is -2.97. The maximum atomic E-state index is 13.4. The van der Waals surface area contributed by atoms with E-state index in [0.29, 0.717) is 0 Å². The van der Waals surface area contributed by atoms with Gasteiger partial charge in [0.15, 0.2) is 31.8 Å². The highest BCUT2D eigenvalue weighted by Gasteiger charge is 2.82. The molecule has 0 unspecified atom stereocenters. The van der Waals surface area contributed by atoms with E-state index >= 15 is 0 Å². The lowest BCUT2D eigenvalue weighted by Crippen LogP contribution is -2.86. The van der Waals surface area contributed by atoms with Gasteiger partial charge in [-0.25, -0.2) is 0 Å². The number of hydrogen-bond acceptors (Lipinski definition) is 6. The minimum Gasteiger partial charge on any atom is -0.406 e. The van der Waals surface area contributed by atoms with E-state index in [2.05, 4.69) is 40.4 Å². The molecule has 0 aromatic carbocycles. The Labute approximate surface area is 188 Å². The molecule has 31 heavy (non-hydrogen) atoms. The summed E-state index contributed by atoms with van der Waals surface area (Å²) in [4.78, 5) is 13.4. The topological polar surface area (TPSA) is 63.2 Å². The lowest BCUT2D eigenvalue weighted by Gasteiger charge is -2.73. The first-order valence-electron chi connectivity index (χ1n) is 11.7. The first-order valence-corrected chi connectivity index (χ1v) is 15.2. The van der Waals surface area contributed by atoms with Gasteiger partial charge in [0, 0.05) is 11.3 Å². The van der Waals surface area contributed by atoms with E-state index in [9.17, 15) is 4.79 Å². The molecule has 2 heterocycles. The van der Waals surface area contributed by atoms with Crippen LogP contribution in [-0.4, -0.2) is 55.7 Å². The molecule has 4 rings (SSSR count). The molecule has 0 aromatic heterocycles. The van der Waals surface area contributed by atoms with Crippen molar-refractivity contribution < 1.29 is 28.2 Å². The van der Waals surface area contributed by atoms with Gasteiger partial charge < -0.3 is 23.4 Å². The van der Waals surface area contributed by atoms with Crippen LogP contribution in [0.15, 0.2) is 0 Å². The third-order valence-electron chi connectivity index (χ3n) is 8.26. The molecule has 2 aliphatic carbocycles. The molecule has 7 heteroatoms. The number of fused-ring (bicyclic) bond motifs is 2. The summed E-state index contributed by atoms with van der Waals surface area (Å²) in [5, 5.41) is 0. The van der Waals surface area contributed by atoms with E-state index in [1.807, 2.05) is 34.6 Å². The van der Waals surface area contributed by atoms with Crippen molar-refractivity contribution in [2.24, 2.45) is 16.7 Å². The van der Waals surface area contributed by atoms with Gasteiger partial charge in [0.2, 0.25) is 0 Å². The molecular weight excluding hydrogens is 412 g/mol. The summed E-state index contributed by atoms with van der Waals surface area (Å²) in [6.07, 6.45) is 2.08. The predicted molar refractivity (Wildman–Crippen MR) is 120 cm³/mol. The second-order valence-corrected chi connectivity index (χ2v) is 17.5. The number of hydrogen-bond donors (Lipinski definition) is 0. The summed E-state index contributed by atoms with van der Waals surface area (Å²) in [6.45, 7) is 22.9. The number of carbonyl (C=O) groups excluding carboxylic acids is 1. The van der Waals surface area contributed by atoms with E-state index in [0.717, 1.165) is 19.1 Å². The second kappa shape index (κ2) is 6.42. The van der Waals surface area contributed by atoms with Crippen LogP contribution in [0, 0.1) is 16.7 Å². The standard InChI is InChI=1S/C24H42O6Si/c1-19(2)13-12-15-22(7)17(19)16-18(28-20(3,4)27-16)23(8,30-31(9,10)11)24(22,14-25)29-21(5,6)26-15/h14-18H,12-13H2,1-11H3/t15-,16-,17-,18-,22-,23+,24-/m0/s1. The Morgan fingerprint density at radius 2 is 1.52 bits per heavy atom. The third-order valence-corrected chi connectivity index (χ3v) is 9.30. The van der Waals surface area contributed by atoms with Gasteiger partial charge >= 0.3 is 0 Å². The van der Waals surface area contributed by atoms with Crippen molar-refractivity contribution in [3.63, 3.8) is 0 Å². The van der Waals surface area contributed by atoms with E-state index in [1.165, 1.54) is 0 Å². The molecular formula is C24H42O6Si. The molecule has 4 fully saturated rings. The zero-order chi connectivity index (χ0) is 23.5. The zero-order valence-corrected chi connectivity index (χ0v) is 22.3. The highest BCUT2D eigenvalue weighted by atomic mass is 28.4. The van der Waals surface area contributed by atoms with Crippen LogP contribution in [0.25, 0.3) is 0 Å². The fraction of sp³-hybridized carbons (Fsp3) is 0.958. The van der Waals surface area contributed by atoms with Crippen molar-refractivity contribution in [1.29, 1.82) is 0 Å². The molecule has 178 valence electrons. The minimum absolute atomic E-state index is 0.00475. The summed E-state index contributed by atoms with van der Waals surface area (Å²) >= 11 is 0. The molecule has 6 nitrogen and oxygen atoms in total. The average Bonchev–Trinajstić information content (AvgIpc) is 2.87. The van der Waals surface area contributed by atoms with Gasteiger partial charge in [0.1, 0.15) is 11.7 Å². The maximum absolute atomic E-state index is 13.4. The molecule has 7 atom stereocenters. The summed E-state index contributed by atoms with van der Waals surface area (Å²) in [6, 6.07) is 0.